The van der Waals surface area contributed by atoms with E-state index < -0.39 is 0 Å². The topological polar surface area (TPSA) is 82.6 Å². The van der Waals surface area contributed by atoms with Gasteiger partial charge in [0.25, 0.3) is 5.91 Å². The Kier molecular flexibility index (Phi) is 6.94. The summed E-state index contributed by atoms with van der Waals surface area (Å²) in [5, 5.41) is 12.8. The van der Waals surface area contributed by atoms with Crippen molar-refractivity contribution in [1.29, 1.82) is 0 Å². The molecule has 0 saturated carbocycles. The third kappa shape index (κ3) is 4.80. The van der Waals surface area contributed by atoms with Gasteiger partial charge in [0.15, 0.2) is 11.5 Å². The number of hydrogen-bond acceptors (Lipinski definition) is 7. The zero-order valence-corrected chi connectivity index (χ0v) is 18.9. The highest BCUT2D eigenvalue weighted by molar-refractivity contribution is 9.10. The Hall–Kier alpha value is -2.36. The number of anilines is 1. The minimum Gasteiger partial charge on any atom is -0.493 e. The third-order valence-electron chi connectivity index (χ3n) is 3.97. The van der Waals surface area contributed by atoms with Gasteiger partial charge in [0.2, 0.25) is 10.9 Å². The maximum Gasteiger partial charge on any atom is 0.258 e. The van der Waals surface area contributed by atoms with E-state index >= 15 is 0 Å². The molecule has 2 aromatic carbocycles. The fourth-order valence-electron chi connectivity index (χ4n) is 2.60. The lowest BCUT2D eigenvalue weighted by Crippen LogP contribution is -2.13. The van der Waals surface area contributed by atoms with Crippen molar-refractivity contribution in [3.8, 4) is 17.2 Å². The SMILES string of the molecule is COc1cc(C(=O)Nc2nnc(Cc3ccc(Cl)cc3)s2)c(Br)c(OC)c1OC. The normalized spacial score (nSPS) is 10.5. The van der Waals surface area contributed by atoms with Gasteiger partial charge < -0.3 is 14.2 Å². The number of nitrogens with zero attached hydrogens (tertiary/aromatic N) is 2. The summed E-state index contributed by atoms with van der Waals surface area (Å²) >= 11 is 10.6. The van der Waals surface area contributed by atoms with Crippen LogP contribution in [0.25, 0.3) is 0 Å². The van der Waals surface area contributed by atoms with E-state index in [0.29, 0.717) is 43.9 Å². The summed E-state index contributed by atoms with van der Waals surface area (Å²) in [6.45, 7) is 0. The van der Waals surface area contributed by atoms with Gasteiger partial charge in [-0.15, -0.1) is 10.2 Å². The van der Waals surface area contributed by atoms with Crippen LogP contribution in [0.15, 0.2) is 34.8 Å². The largest absolute Gasteiger partial charge is 0.493 e. The number of halogens is 2. The molecule has 1 amide bonds. The molecule has 0 spiro atoms. The first-order valence-electron chi connectivity index (χ1n) is 8.33. The van der Waals surface area contributed by atoms with Crippen molar-refractivity contribution in [3.05, 3.63) is 56.0 Å². The summed E-state index contributed by atoms with van der Waals surface area (Å²) < 4.78 is 16.4. The molecule has 0 aliphatic rings. The second-order valence-electron chi connectivity index (χ2n) is 5.77. The molecule has 0 radical (unpaired) electrons. The summed E-state index contributed by atoms with van der Waals surface area (Å²) in [6, 6.07) is 9.06. The van der Waals surface area contributed by atoms with Crippen molar-refractivity contribution >= 4 is 49.9 Å². The predicted octanol–water partition coefficient (Wildman–Crippen LogP) is 4.82. The first-order chi connectivity index (χ1) is 14.0. The van der Waals surface area contributed by atoms with Gasteiger partial charge in [0.1, 0.15) is 5.01 Å². The number of ether oxygens (including phenoxy) is 3. The quantitative estimate of drug-likeness (QED) is 0.503. The molecule has 1 aromatic heterocycles. The average molecular weight is 499 g/mol. The zero-order valence-electron chi connectivity index (χ0n) is 15.8. The first kappa shape index (κ1) is 21.4. The van der Waals surface area contributed by atoms with E-state index in [4.69, 9.17) is 25.8 Å². The van der Waals surface area contributed by atoms with Gasteiger partial charge in [0.05, 0.1) is 31.4 Å². The van der Waals surface area contributed by atoms with Gasteiger partial charge in [-0.3, -0.25) is 10.1 Å². The lowest BCUT2D eigenvalue weighted by atomic mass is 10.1. The minimum absolute atomic E-state index is 0.314. The highest BCUT2D eigenvalue weighted by atomic mass is 79.9. The Morgan fingerprint density at radius 1 is 1.10 bits per heavy atom. The number of aromatic nitrogens is 2. The molecule has 0 aliphatic heterocycles. The number of hydrogen-bond donors (Lipinski definition) is 1. The predicted molar refractivity (Wildman–Crippen MR) is 116 cm³/mol. The second-order valence-corrected chi connectivity index (χ2v) is 8.06. The van der Waals surface area contributed by atoms with Crippen molar-refractivity contribution in [2.24, 2.45) is 0 Å². The Labute approximate surface area is 185 Å². The molecule has 0 unspecified atom stereocenters. The second kappa shape index (κ2) is 9.43. The van der Waals surface area contributed by atoms with E-state index in [1.54, 1.807) is 6.07 Å². The molecule has 152 valence electrons. The molecule has 3 rings (SSSR count). The molecule has 0 aliphatic carbocycles. The van der Waals surface area contributed by atoms with Crippen molar-refractivity contribution in [1.82, 2.24) is 10.2 Å². The van der Waals surface area contributed by atoms with Gasteiger partial charge >= 0.3 is 0 Å². The van der Waals surface area contributed by atoms with Crippen LogP contribution >= 0.6 is 38.9 Å². The fourth-order valence-corrected chi connectivity index (χ4v) is 4.13. The highest BCUT2D eigenvalue weighted by Gasteiger charge is 2.23. The maximum atomic E-state index is 12.8. The van der Waals surface area contributed by atoms with E-state index in [1.165, 1.54) is 32.7 Å². The fraction of sp³-hybridized carbons (Fsp3) is 0.211. The average Bonchev–Trinajstić information content (AvgIpc) is 3.15. The number of carbonyl (C=O) groups excluding carboxylic acids is 1. The lowest BCUT2D eigenvalue weighted by molar-refractivity contribution is 0.102. The zero-order chi connectivity index (χ0) is 21.0. The molecule has 1 heterocycles. The van der Waals surface area contributed by atoms with Crippen LogP contribution in [0.2, 0.25) is 5.02 Å². The molecule has 0 bridgehead atoms. The van der Waals surface area contributed by atoms with E-state index in [0.717, 1.165) is 10.6 Å². The van der Waals surface area contributed by atoms with E-state index in [2.05, 4.69) is 31.4 Å². The Morgan fingerprint density at radius 2 is 1.79 bits per heavy atom. The van der Waals surface area contributed by atoms with Gasteiger partial charge in [0, 0.05) is 11.4 Å². The van der Waals surface area contributed by atoms with E-state index in [9.17, 15) is 4.79 Å². The summed E-state index contributed by atoms with van der Waals surface area (Å²) in [6.07, 6.45) is 0.596. The van der Waals surface area contributed by atoms with Crippen molar-refractivity contribution in [2.45, 2.75) is 6.42 Å². The molecule has 3 aromatic rings. The molecule has 7 nitrogen and oxygen atoms in total. The monoisotopic (exact) mass is 497 g/mol. The van der Waals surface area contributed by atoms with Crippen LogP contribution in [0.5, 0.6) is 17.2 Å². The summed E-state index contributed by atoms with van der Waals surface area (Å²) in [5.74, 6) is 0.737. The molecular weight excluding hydrogens is 482 g/mol. The molecule has 29 heavy (non-hydrogen) atoms. The summed E-state index contributed by atoms with van der Waals surface area (Å²) in [4.78, 5) is 12.8. The first-order valence-corrected chi connectivity index (χ1v) is 10.3. The van der Waals surface area contributed by atoms with Crippen LogP contribution < -0.4 is 19.5 Å². The van der Waals surface area contributed by atoms with E-state index in [1.807, 2.05) is 24.3 Å². The van der Waals surface area contributed by atoms with Crippen LogP contribution in [0.1, 0.15) is 20.9 Å². The van der Waals surface area contributed by atoms with E-state index in [-0.39, 0.29) is 5.91 Å². The van der Waals surface area contributed by atoms with Crippen molar-refractivity contribution < 1.29 is 19.0 Å². The molecule has 0 saturated heterocycles. The number of carbonyl (C=O) groups is 1. The van der Waals surface area contributed by atoms with Crippen molar-refractivity contribution in [2.75, 3.05) is 26.6 Å². The van der Waals surface area contributed by atoms with Crippen LogP contribution in [0, 0.1) is 0 Å². The Balaban J connectivity index is 1.80. The third-order valence-corrected chi connectivity index (χ3v) is 5.85. The highest BCUT2D eigenvalue weighted by Crippen LogP contribution is 2.44. The van der Waals surface area contributed by atoms with Crippen LogP contribution in [-0.2, 0) is 6.42 Å². The Bertz CT molecular complexity index is 1030. The number of methoxy groups -OCH3 is 3. The van der Waals surface area contributed by atoms with Gasteiger partial charge in [-0.1, -0.05) is 35.1 Å². The molecule has 1 N–H and O–H groups in total. The smallest absolute Gasteiger partial charge is 0.258 e. The molecule has 0 fully saturated rings. The van der Waals surface area contributed by atoms with Gasteiger partial charge in [-0.05, 0) is 39.7 Å². The number of benzene rings is 2. The van der Waals surface area contributed by atoms with Gasteiger partial charge in [-0.25, -0.2) is 0 Å². The summed E-state index contributed by atoms with van der Waals surface area (Å²) in [5.41, 5.74) is 1.37. The lowest BCUT2D eigenvalue weighted by Gasteiger charge is -2.16. The number of rotatable bonds is 7. The maximum absolute atomic E-state index is 12.8. The summed E-state index contributed by atoms with van der Waals surface area (Å²) in [7, 11) is 4.47. The minimum atomic E-state index is -0.384. The van der Waals surface area contributed by atoms with Crippen molar-refractivity contribution in [3.63, 3.8) is 0 Å². The molecule has 0 atom stereocenters. The van der Waals surface area contributed by atoms with Crippen LogP contribution in [0.4, 0.5) is 5.13 Å². The van der Waals surface area contributed by atoms with Crippen LogP contribution in [0.3, 0.4) is 0 Å². The van der Waals surface area contributed by atoms with Gasteiger partial charge in [-0.2, -0.15) is 0 Å². The number of nitrogens with one attached hydrogen (secondary N) is 1. The molecular formula is C19H17BrClN3O4S. The number of amides is 1. The van der Waals surface area contributed by atoms with Crippen LogP contribution in [-0.4, -0.2) is 37.4 Å². The standard InChI is InChI=1S/C19H17BrClN3O4S/c1-26-13-9-12(15(20)17(28-3)16(13)27-2)18(25)22-19-24-23-14(29-19)8-10-4-6-11(21)7-5-10/h4-7,9H,8H2,1-3H3,(H,22,24,25). The molecule has 10 heteroatoms. The Morgan fingerprint density at radius 3 is 2.41 bits per heavy atom.